The Bertz CT molecular complexity index is 1290. The first-order valence-corrected chi connectivity index (χ1v) is 9.14. The third kappa shape index (κ3) is 3.87. The van der Waals surface area contributed by atoms with E-state index in [-0.39, 0.29) is 5.56 Å². The van der Waals surface area contributed by atoms with Crippen LogP contribution in [0.15, 0.2) is 77.6 Å². The lowest BCUT2D eigenvalue weighted by molar-refractivity contribution is -0.123. The normalized spacial score (nSPS) is 11.9. The van der Waals surface area contributed by atoms with E-state index in [4.69, 9.17) is 4.74 Å². The number of hydrogen-bond acceptors (Lipinski definition) is 4. The van der Waals surface area contributed by atoms with Crippen LogP contribution in [0.25, 0.3) is 21.7 Å². The molecule has 0 saturated heterocycles. The monoisotopic (exact) mass is 386 g/mol. The van der Waals surface area contributed by atoms with Crippen molar-refractivity contribution in [3.05, 3.63) is 88.7 Å². The first kappa shape index (κ1) is 18.4. The fourth-order valence-corrected chi connectivity index (χ4v) is 3.16. The van der Waals surface area contributed by atoms with Gasteiger partial charge in [-0.1, -0.05) is 48.5 Å². The van der Waals surface area contributed by atoms with Gasteiger partial charge < -0.3 is 15.0 Å². The van der Waals surface area contributed by atoms with Gasteiger partial charge in [0.1, 0.15) is 0 Å². The Labute approximate surface area is 166 Å². The van der Waals surface area contributed by atoms with Crippen LogP contribution in [0.2, 0.25) is 0 Å². The minimum absolute atomic E-state index is 0.120. The number of esters is 1. The molecule has 0 spiro atoms. The third-order valence-electron chi connectivity index (χ3n) is 4.64. The molecule has 0 fully saturated rings. The summed E-state index contributed by atoms with van der Waals surface area (Å²) in [5, 5.41) is 5.36. The topological polar surface area (TPSA) is 88.3 Å². The predicted molar refractivity (Wildman–Crippen MR) is 112 cm³/mol. The average Bonchev–Trinajstić information content (AvgIpc) is 2.72. The van der Waals surface area contributed by atoms with Gasteiger partial charge in [0.05, 0.1) is 5.56 Å². The number of nitrogens with one attached hydrogen (secondary N) is 2. The van der Waals surface area contributed by atoms with Crippen LogP contribution in [0.5, 0.6) is 0 Å². The van der Waals surface area contributed by atoms with E-state index in [0.717, 1.165) is 10.8 Å². The van der Waals surface area contributed by atoms with Gasteiger partial charge in [0.25, 0.3) is 5.91 Å². The van der Waals surface area contributed by atoms with Crippen LogP contribution in [0.3, 0.4) is 0 Å². The van der Waals surface area contributed by atoms with Gasteiger partial charge >= 0.3 is 5.97 Å². The molecule has 29 heavy (non-hydrogen) atoms. The molecule has 0 aliphatic rings. The van der Waals surface area contributed by atoms with Gasteiger partial charge in [-0.3, -0.25) is 9.59 Å². The Hall–Kier alpha value is -3.93. The second kappa shape index (κ2) is 7.59. The van der Waals surface area contributed by atoms with Crippen molar-refractivity contribution in [1.82, 2.24) is 4.98 Å². The minimum Gasteiger partial charge on any atom is -0.449 e. The molecule has 2 N–H and O–H groups in total. The summed E-state index contributed by atoms with van der Waals surface area (Å²) in [6.45, 7) is 1.49. The fraction of sp³-hybridized carbons (Fsp3) is 0.0870. The molecule has 0 radical (unpaired) electrons. The largest absolute Gasteiger partial charge is 0.449 e. The summed E-state index contributed by atoms with van der Waals surface area (Å²) in [5.74, 6) is -1.18. The summed E-state index contributed by atoms with van der Waals surface area (Å²) in [7, 11) is 0. The van der Waals surface area contributed by atoms with Crippen LogP contribution in [-0.2, 0) is 9.53 Å². The van der Waals surface area contributed by atoms with Crippen molar-refractivity contribution in [2.24, 2.45) is 0 Å². The highest BCUT2D eigenvalue weighted by atomic mass is 16.5. The van der Waals surface area contributed by atoms with Gasteiger partial charge in [0, 0.05) is 22.7 Å². The number of anilines is 1. The molecule has 6 nitrogen and oxygen atoms in total. The number of amides is 1. The summed E-state index contributed by atoms with van der Waals surface area (Å²) in [6, 6.07) is 21.5. The van der Waals surface area contributed by atoms with E-state index in [1.54, 1.807) is 30.3 Å². The Morgan fingerprint density at radius 1 is 0.931 bits per heavy atom. The van der Waals surface area contributed by atoms with Crippen molar-refractivity contribution in [2.75, 3.05) is 5.32 Å². The predicted octanol–water partition coefficient (Wildman–Crippen LogP) is 3.87. The Morgan fingerprint density at radius 3 is 2.48 bits per heavy atom. The van der Waals surface area contributed by atoms with Crippen LogP contribution in [-0.4, -0.2) is 23.0 Å². The number of aromatic nitrogens is 1. The number of para-hydroxylation sites is 1. The zero-order valence-corrected chi connectivity index (χ0v) is 15.6. The van der Waals surface area contributed by atoms with Crippen LogP contribution in [0.1, 0.15) is 17.3 Å². The maximum absolute atomic E-state index is 12.6. The quantitative estimate of drug-likeness (QED) is 0.521. The molecule has 0 aliphatic heterocycles. The summed E-state index contributed by atoms with van der Waals surface area (Å²) < 4.78 is 5.32. The molecule has 1 unspecified atom stereocenters. The van der Waals surface area contributed by atoms with Crippen molar-refractivity contribution in [3.8, 4) is 0 Å². The number of ether oxygens (including phenoxy) is 1. The Balaban J connectivity index is 1.51. The highest BCUT2D eigenvalue weighted by Gasteiger charge is 2.21. The molecule has 0 aliphatic carbocycles. The lowest BCUT2D eigenvalue weighted by atomic mass is 10.1. The molecule has 0 saturated carbocycles. The average molecular weight is 386 g/mol. The van der Waals surface area contributed by atoms with Crippen LogP contribution in [0.4, 0.5) is 5.69 Å². The summed E-state index contributed by atoms with van der Waals surface area (Å²) in [4.78, 5) is 39.6. The van der Waals surface area contributed by atoms with Crippen LogP contribution in [0, 0.1) is 0 Å². The van der Waals surface area contributed by atoms with Gasteiger partial charge in [-0.15, -0.1) is 0 Å². The first-order chi connectivity index (χ1) is 14.0. The lowest BCUT2D eigenvalue weighted by Crippen LogP contribution is -2.30. The van der Waals surface area contributed by atoms with E-state index in [1.165, 1.54) is 13.0 Å². The molecule has 1 amide bonds. The summed E-state index contributed by atoms with van der Waals surface area (Å²) in [5.41, 5.74) is 0.844. The van der Waals surface area contributed by atoms with Gasteiger partial charge in [0.15, 0.2) is 6.10 Å². The van der Waals surface area contributed by atoms with Gasteiger partial charge in [0.2, 0.25) is 5.56 Å². The number of rotatable bonds is 4. The maximum Gasteiger partial charge on any atom is 0.339 e. The lowest BCUT2D eigenvalue weighted by Gasteiger charge is -2.14. The summed E-state index contributed by atoms with van der Waals surface area (Å²) >= 11 is 0. The van der Waals surface area contributed by atoms with Crippen molar-refractivity contribution in [1.29, 1.82) is 0 Å². The maximum atomic E-state index is 12.6. The van der Waals surface area contributed by atoms with Crippen LogP contribution >= 0.6 is 0 Å². The number of pyridine rings is 1. The first-order valence-electron chi connectivity index (χ1n) is 9.14. The fourth-order valence-electron chi connectivity index (χ4n) is 3.16. The molecular formula is C23H18N2O4. The molecule has 4 rings (SSSR count). The standard InChI is InChI=1S/C23H18N2O4/c1-14(22(27)24-17-11-10-15-6-2-3-7-16(15)12-17)29-23(28)19-13-21(26)25-20-9-5-4-8-18(19)20/h2-14H,1H3,(H,24,27)(H,25,26). The molecule has 1 aromatic heterocycles. The second-order valence-electron chi connectivity index (χ2n) is 6.69. The van der Waals surface area contributed by atoms with E-state index in [0.29, 0.717) is 16.6 Å². The minimum atomic E-state index is -1.04. The van der Waals surface area contributed by atoms with Gasteiger partial charge in [-0.2, -0.15) is 0 Å². The number of benzene rings is 3. The molecular weight excluding hydrogens is 368 g/mol. The van der Waals surface area contributed by atoms with Crippen molar-refractivity contribution in [3.63, 3.8) is 0 Å². The highest BCUT2D eigenvalue weighted by Crippen LogP contribution is 2.20. The number of fused-ring (bicyclic) bond motifs is 2. The number of H-pyrrole nitrogens is 1. The van der Waals surface area contributed by atoms with E-state index >= 15 is 0 Å². The highest BCUT2D eigenvalue weighted by molar-refractivity contribution is 6.05. The number of carbonyl (C=O) groups excluding carboxylic acids is 2. The zero-order valence-electron chi connectivity index (χ0n) is 15.6. The van der Waals surface area contributed by atoms with E-state index < -0.39 is 23.5 Å². The molecule has 4 aromatic rings. The van der Waals surface area contributed by atoms with E-state index in [1.807, 2.05) is 36.4 Å². The van der Waals surface area contributed by atoms with Gasteiger partial charge in [-0.05, 0) is 35.9 Å². The van der Waals surface area contributed by atoms with E-state index in [2.05, 4.69) is 10.3 Å². The third-order valence-corrected chi connectivity index (χ3v) is 4.64. The van der Waals surface area contributed by atoms with Crippen molar-refractivity contribution < 1.29 is 14.3 Å². The summed E-state index contributed by atoms with van der Waals surface area (Å²) in [6.07, 6.45) is -1.04. The van der Waals surface area contributed by atoms with Crippen molar-refractivity contribution in [2.45, 2.75) is 13.0 Å². The number of aromatic amines is 1. The second-order valence-corrected chi connectivity index (χ2v) is 6.69. The van der Waals surface area contributed by atoms with Crippen molar-refractivity contribution >= 4 is 39.2 Å². The Morgan fingerprint density at radius 2 is 1.66 bits per heavy atom. The number of hydrogen-bond donors (Lipinski definition) is 2. The molecule has 3 aromatic carbocycles. The smallest absolute Gasteiger partial charge is 0.339 e. The van der Waals surface area contributed by atoms with E-state index in [9.17, 15) is 14.4 Å². The molecule has 6 heteroatoms. The molecule has 144 valence electrons. The Kier molecular flexibility index (Phi) is 4.83. The molecule has 1 atom stereocenters. The van der Waals surface area contributed by atoms with Gasteiger partial charge in [-0.25, -0.2) is 4.79 Å². The SMILES string of the molecule is CC(OC(=O)c1cc(=O)[nH]c2ccccc12)C(=O)Nc1ccc2ccccc2c1. The zero-order chi connectivity index (χ0) is 20.4. The van der Waals surface area contributed by atoms with Crippen LogP contribution < -0.4 is 10.9 Å². The molecule has 1 heterocycles. The molecule has 0 bridgehead atoms. The number of carbonyl (C=O) groups is 2.